The van der Waals surface area contributed by atoms with Gasteiger partial charge in [-0.05, 0) is 63.5 Å². The van der Waals surface area contributed by atoms with E-state index in [1.807, 2.05) is 84.9 Å². The Morgan fingerprint density at radius 1 is 0.653 bits per heavy atom. The fourth-order valence-electron chi connectivity index (χ4n) is 6.82. The van der Waals surface area contributed by atoms with Gasteiger partial charge in [0.15, 0.2) is 0 Å². The number of aromatic nitrogens is 2. The number of hydrogen-bond acceptors (Lipinski definition) is 4. The summed E-state index contributed by atoms with van der Waals surface area (Å²) in [4.78, 5) is 8.73. The van der Waals surface area contributed by atoms with E-state index < -0.39 is 0 Å². The van der Waals surface area contributed by atoms with Crippen LogP contribution in [0.2, 0.25) is 0 Å². The van der Waals surface area contributed by atoms with E-state index in [2.05, 4.69) is 84.5 Å². The maximum atomic E-state index is 10.1. The molecule has 1 aliphatic carbocycles. The van der Waals surface area contributed by atoms with E-state index in [1.54, 1.807) is 12.4 Å². The number of benzene rings is 5. The summed E-state index contributed by atoms with van der Waals surface area (Å²) in [7, 11) is 0. The van der Waals surface area contributed by atoms with Crippen molar-refractivity contribution in [3.05, 3.63) is 169 Å². The van der Waals surface area contributed by atoms with Gasteiger partial charge in [0.2, 0.25) is 0 Å². The fraction of sp³-hybridized carbons (Fsp3) is 0.0682. The van der Waals surface area contributed by atoms with E-state index in [-0.39, 0.29) is 25.5 Å². The molecule has 1 radical (unpaired) electrons. The number of rotatable bonds is 3. The first-order valence-corrected chi connectivity index (χ1v) is 15.9. The average molecular weight is 808 g/mol. The van der Waals surface area contributed by atoms with Gasteiger partial charge in [0.1, 0.15) is 5.58 Å². The number of pyridine rings is 2. The van der Waals surface area contributed by atoms with Crippen LogP contribution < -0.4 is 0 Å². The molecule has 0 amide bonds. The summed E-state index contributed by atoms with van der Waals surface area (Å²) in [6.45, 7) is 4.53. The first-order valence-electron chi connectivity index (χ1n) is 15.9. The Morgan fingerprint density at radius 3 is 2.10 bits per heavy atom. The second-order valence-electron chi connectivity index (χ2n) is 12.3. The van der Waals surface area contributed by atoms with Gasteiger partial charge < -0.3 is 14.4 Å². The zero-order valence-corrected chi connectivity index (χ0v) is 29.3. The number of fused-ring (bicyclic) bond motifs is 6. The van der Waals surface area contributed by atoms with Crippen molar-refractivity contribution < 1.29 is 24.5 Å². The molecule has 0 spiro atoms. The molecule has 0 saturated heterocycles. The van der Waals surface area contributed by atoms with Crippen LogP contribution in [-0.2, 0) is 25.5 Å². The molecule has 9 rings (SSSR count). The zero-order chi connectivity index (χ0) is 32.7. The van der Waals surface area contributed by atoms with E-state index in [9.17, 15) is 5.26 Å². The van der Waals surface area contributed by atoms with E-state index >= 15 is 0 Å². The predicted molar refractivity (Wildman–Crippen MR) is 192 cm³/mol. The molecule has 0 atom stereocenters. The molecular weight excluding hydrogens is 779 g/mol. The summed E-state index contributed by atoms with van der Waals surface area (Å²) >= 11 is 0. The molecule has 5 heteroatoms. The van der Waals surface area contributed by atoms with Gasteiger partial charge >= 0.3 is 0 Å². The number of hydrogen-bond donors (Lipinski definition) is 0. The standard InChI is InChI=1S/C33H21N2O.C11H8N.Ir/c1-33(2)27-11-4-3-8-22(27)23-15-13-20(18-28(23)33)30-21(19-34)14-16-25-24-9-7-10-26(31(24)36-32(25)30)29-12-5-6-17-35-29;1-2-6-10(7-3-1)11-8-4-5-9-12-11;/h3-9,11-18H,1-2H3;1-6,8-9H;/q2*-1;. The van der Waals surface area contributed by atoms with E-state index in [4.69, 9.17) is 4.42 Å². The third-order valence-corrected chi connectivity index (χ3v) is 9.16. The third-order valence-electron chi connectivity index (χ3n) is 9.16. The monoisotopic (exact) mass is 808 g/mol. The average Bonchev–Trinajstić information content (AvgIpc) is 3.64. The summed E-state index contributed by atoms with van der Waals surface area (Å²) in [5, 5.41) is 12.0. The topological polar surface area (TPSA) is 62.7 Å². The first-order chi connectivity index (χ1) is 23.5. The van der Waals surface area contributed by atoms with E-state index in [0.717, 1.165) is 50.0 Å². The van der Waals surface area contributed by atoms with Crippen molar-refractivity contribution in [3.8, 4) is 50.8 Å². The molecule has 0 bridgehead atoms. The molecule has 0 fully saturated rings. The van der Waals surface area contributed by atoms with Crippen LogP contribution in [0.1, 0.15) is 30.5 Å². The molecule has 237 valence electrons. The van der Waals surface area contributed by atoms with Crippen LogP contribution in [-0.4, -0.2) is 9.97 Å². The Balaban J connectivity index is 0.000000246. The van der Waals surface area contributed by atoms with Crippen molar-refractivity contribution in [1.29, 1.82) is 5.26 Å². The summed E-state index contributed by atoms with van der Waals surface area (Å²) in [6.07, 6.45) is 3.56. The van der Waals surface area contributed by atoms with Crippen molar-refractivity contribution in [2.24, 2.45) is 0 Å². The smallest absolute Gasteiger partial charge is 0.130 e. The predicted octanol–water partition coefficient (Wildman–Crippen LogP) is 10.8. The maximum Gasteiger partial charge on any atom is 0.130 e. The Morgan fingerprint density at radius 2 is 1.37 bits per heavy atom. The normalized spacial score (nSPS) is 12.3. The Labute approximate surface area is 299 Å². The van der Waals surface area contributed by atoms with Crippen LogP contribution in [0.25, 0.3) is 66.7 Å². The zero-order valence-electron chi connectivity index (χ0n) is 26.9. The molecule has 5 aromatic carbocycles. The van der Waals surface area contributed by atoms with E-state index in [1.165, 1.54) is 22.3 Å². The van der Waals surface area contributed by atoms with Crippen molar-refractivity contribution in [2.75, 3.05) is 0 Å². The maximum absolute atomic E-state index is 10.1. The minimum Gasteiger partial charge on any atom is -0.500 e. The second kappa shape index (κ2) is 13.1. The molecule has 4 nitrogen and oxygen atoms in total. The molecule has 8 aromatic rings. The van der Waals surface area contributed by atoms with Crippen LogP contribution in [0, 0.1) is 23.5 Å². The largest absolute Gasteiger partial charge is 0.500 e. The Bertz CT molecular complexity index is 2440. The molecule has 0 N–H and O–H groups in total. The van der Waals surface area contributed by atoms with Crippen LogP contribution in [0.4, 0.5) is 0 Å². The number of furan rings is 1. The van der Waals surface area contributed by atoms with Crippen LogP contribution in [0.5, 0.6) is 0 Å². The van der Waals surface area contributed by atoms with E-state index in [0.29, 0.717) is 11.1 Å². The third kappa shape index (κ3) is 5.56. The molecule has 3 heterocycles. The summed E-state index contributed by atoms with van der Waals surface area (Å²) < 4.78 is 6.58. The molecule has 0 unspecified atom stereocenters. The number of nitrogens with zero attached hydrogens (tertiary/aromatic N) is 3. The van der Waals surface area contributed by atoms with Gasteiger partial charge in [-0.3, -0.25) is 0 Å². The summed E-state index contributed by atoms with van der Waals surface area (Å²) in [5.74, 6) is 0. The molecule has 49 heavy (non-hydrogen) atoms. The quantitative estimate of drug-likeness (QED) is 0.167. The van der Waals surface area contributed by atoms with Crippen molar-refractivity contribution in [1.82, 2.24) is 9.97 Å². The fourth-order valence-corrected chi connectivity index (χ4v) is 6.82. The van der Waals surface area contributed by atoms with Crippen molar-refractivity contribution in [3.63, 3.8) is 0 Å². The second-order valence-corrected chi connectivity index (χ2v) is 12.3. The first kappa shape index (κ1) is 31.9. The van der Waals surface area contributed by atoms with Crippen LogP contribution >= 0.6 is 0 Å². The molecule has 0 saturated carbocycles. The number of nitriles is 1. The summed E-state index contributed by atoms with van der Waals surface area (Å²) in [6, 6.07) is 51.3. The van der Waals surface area contributed by atoms with Gasteiger partial charge in [-0.2, -0.15) is 5.26 Å². The van der Waals surface area contributed by atoms with Gasteiger partial charge in [-0.15, -0.1) is 54.1 Å². The van der Waals surface area contributed by atoms with Crippen molar-refractivity contribution in [2.45, 2.75) is 19.3 Å². The van der Waals surface area contributed by atoms with Gasteiger partial charge in [-0.25, -0.2) is 0 Å². The van der Waals surface area contributed by atoms with Crippen LogP contribution in [0.15, 0.2) is 144 Å². The molecular formula is C44H29IrN3O-2. The summed E-state index contributed by atoms with van der Waals surface area (Å²) in [5.41, 5.74) is 12.5. The SMILES string of the molecule is CC1(C)c2ccccc2-c2ccc(-c3c(C#N)ccc4c3oc3c(-c5ccccn5)[c-]ccc34)cc21.[Ir].[c-]1ccccc1-c1ccccn1. The Hall–Kier alpha value is -5.66. The van der Waals surface area contributed by atoms with Crippen molar-refractivity contribution >= 4 is 21.9 Å². The van der Waals surface area contributed by atoms with Gasteiger partial charge in [0.05, 0.1) is 17.2 Å². The molecule has 3 aromatic heterocycles. The van der Waals surface area contributed by atoms with Gasteiger partial charge in [0, 0.05) is 48.9 Å². The Kier molecular flexibility index (Phi) is 8.53. The van der Waals surface area contributed by atoms with Gasteiger partial charge in [-0.1, -0.05) is 91.5 Å². The molecule has 0 aliphatic heterocycles. The minimum atomic E-state index is -0.127. The minimum absolute atomic E-state index is 0. The van der Waals surface area contributed by atoms with Crippen LogP contribution in [0.3, 0.4) is 0 Å². The molecule has 1 aliphatic rings. The van der Waals surface area contributed by atoms with Gasteiger partial charge in [0.25, 0.3) is 0 Å².